The van der Waals surface area contributed by atoms with E-state index >= 15 is 0 Å². The van der Waals surface area contributed by atoms with Gasteiger partial charge in [-0.05, 0) is 19.9 Å². The number of aromatic nitrogens is 4. The predicted molar refractivity (Wildman–Crippen MR) is 70.4 cm³/mol. The maximum absolute atomic E-state index is 6.16. The predicted octanol–water partition coefficient (Wildman–Crippen LogP) is 2.00. The SMILES string of the molecule is CN(Cc1nc(Cl)c2cnn(C)c2n1)C1CCC1. The van der Waals surface area contributed by atoms with Crippen molar-refractivity contribution in [1.82, 2.24) is 24.6 Å². The summed E-state index contributed by atoms with van der Waals surface area (Å²) in [5.41, 5.74) is 0.798. The molecule has 2 aromatic rings. The molecule has 1 aliphatic carbocycles. The maximum Gasteiger partial charge on any atom is 0.162 e. The molecule has 0 radical (unpaired) electrons. The van der Waals surface area contributed by atoms with E-state index in [2.05, 4.69) is 27.0 Å². The molecule has 96 valence electrons. The van der Waals surface area contributed by atoms with Crippen molar-refractivity contribution in [1.29, 1.82) is 0 Å². The Bertz CT molecular complexity index is 575. The Morgan fingerprint density at radius 1 is 1.44 bits per heavy atom. The highest BCUT2D eigenvalue weighted by atomic mass is 35.5. The van der Waals surface area contributed by atoms with Gasteiger partial charge in [0.15, 0.2) is 5.65 Å². The quantitative estimate of drug-likeness (QED) is 0.797. The van der Waals surface area contributed by atoms with E-state index in [0.717, 1.165) is 23.4 Å². The number of aryl methyl sites for hydroxylation is 1. The summed E-state index contributed by atoms with van der Waals surface area (Å²) < 4.78 is 1.73. The zero-order valence-electron chi connectivity index (χ0n) is 10.6. The van der Waals surface area contributed by atoms with Crippen molar-refractivity contribution in [3.63, 3.8) is 0 Å². The molecule has 6 heteroatoms. The molecule has 2 aromatic heterocycles. The van der Waals surface area contributed by atoms with Crippen molar-refractivity contribution < 1.29 is 0 Å². The molecular weight excluding hydrogens is 250 g/mol. The van der Waals surface area contributed by atoms with Crippen LogP contribution >= 0.6 is 11.6 Å². The Morgan fingerprint density at radius 2 is 2.22 bits per heavy atom. The summed E-state index contributed by atoms with van der Waals surface area (Å²) >= 11 is 6.16. The van der Waals surface area contributed by atoms with Gasteiger partial charge in [-0.1, -0.05) is 18.0 Å². The van der Waals surface area contributed by atoms with Crippen LogP contribution in [0.15, 0.2) is 6.20 Å². The van der Waals surface area contributed by atoms with Crippen LogP contribution in [0.3, 0.4) is 0 Å². The first-order valence-electron chi connectivity index (χ1n) is 6.19. The van der Waals surface area contributed by atoms with Crippen molar-refractivity contribution in [3.8, 4) is 0 Å². The van der Waals surface area contributed by atoms with Crippen LogP contribution in [0.5, 0.6) is 0 Å². The Morgan fingerprint density at radius 3 is 2.89 bits per heavy atom. The van der Waals surface area contributed by atoms with Crippen LogP contribution in [-0.2, 0) is 13.6 Å². The van der Waals surface area contributed by atoms with Crippen LogP contribution in [-0.4, -0.2) is 37.7 Å². The van der Waals surface area contributed by atoms with E-state index in [9.17, 15) is 0 Å². The Hall–Kier alpha value is -1.20. The van der Waals surface area contributed by atoms with Gasteiger partial charge >= 0.3 is 0 Å². The highest BCUT2D eigenvalue weighted by Gasteiger charge is 2.23. The second-order valence-corrected chi connectivity index (χ2v) is 5.29. The summed E-state index contributed by atoms with van der Waals surface area (Å²) in [6, 6.07) is 0.676. The molecule has 0 saturated heterocycles. The van der Waals surface area contributed by atoms with Crippen molar-refractivity contribution in [2.45, 2.75) is 31.8 Å². The minimum Gasteiger partial charge on any atom is -0.296 e. The largest absolute Gasteiger partial charge is 0.296 e. The average molecular weight is 266 g/mol. The fourth-order valence-corrected chi connectivity index (χ4v) is 2.51. The Balaban J connectivity index is 1.89. The molecule has 0 unspecified atom stereocenters. The molecule has 0 atom stereocenters. The van der Waals surface area contributed by atoms with Gasteiger partial charge in [0.1, 0.15) is 11.0 Å². The van der Waals surface area contributed by atoms with E-state index in [-0.39, 0.29) is 0 Å². The summed E-state index contributed by atoms with van der Waals surface area (Å²) in [6.07, 6.45) is 5.59. The standard InChI is InChI=1S/C12H16ClN5/c1-17(8-4-3-5-8)7-10-15-11(13)9-6-14-18(2)12(9)16-10/h6,8H,3-5,7H2,1-2H3. The molecule has 2 heterocycles. The van der Waals surface area contributed by atoms with Gasteiger partial charge in [0.05, 0.1) is 18.1 Å². The van der Waals surface area contributed by atoms with Crippen molar-refractivity contribution in [2.24, 2.45) is 7.05 Å². The molecule has 0 aliphatic heterocycles. The minimum atomic E-state index is 0.491. The minimum absolute atomic E-state index is 0.491. The first-order chi connectivity index (χ1) is 8.65. The first-order valence-corrected chi connectivity index (χ1v) is 6.57. The highest BCUT2D eigenvalue weighted by Crippen LogP contribution is 2.25. The molecule has 18 heavy (non-hydrogen) atoms. The topological polar surface area (TPSA) is 46.8 Å². The average Bonchev–Trinajstić information content (AvgIpc) is 2.58. The van der Waals surface area contributed by atoms with Gasteiger partial charge in [0, 0.05) is 13.1 Å². The molecule has 0 amide bonds. The van der Waals surface area contributed by atoms with Crippen molar-refractivity contribution in [3.05, 3.63) is 17.2 Å². The third-order valence-electron chi connectivity index (χ3n) is 3.68. The zero-order chi connectivity index (χ0) is 12.7. The van der Waals surface area contributed by atoms with Crippen LogP contribution in [0.1, 0.15) is 25.1 Å². The molecule has 3 rings (SSSR count). The summed E-state index contributed by atoms with van der Waals surface area (Å²) in [5, 5.41) is 5.46. The second kappa shape index (κ2) is 4.48. The number of fused-ring (bicyclic) bond motifs is 1. The molecule has 0 aromatic carbocycles. The van der Waals surface area contributed by atoms with E-state index in [1.165, 1.54) is 19.3 Å². The number of rotatable bonds is 3. The van der Waals surface area contributed by atoms with Gasteiger partial charge in [0.25, 0.3) is 0 Å². The van der Waals surface area contributed by atoms with Crippen LogP contribution in [0.2, 0.25) is 5.15 Å². The van der Waals surface area contributed by atoms with Gasteiger partial charge in [-0.2, -0.15) is 5.10 Å². The van der Waals surface area contributed by atoms with E-state index < -0.39 is 0 Å². The number of hydrogen-bond acceptors (Lipinski definition) is 4. The van der Waals surface area contributed by atoms with Crippen molar-refractivity contribution >= 4 is 22.6 Å². The number of hydrogen-bond donors (Lipinski definition) is 0. The molecule has 0 spiro atoms. The number of halogens is 1. The molecule has 0 bridgehead atoms. The molecule has 0 N–H and O–H groups in total. The van der Waals surface area contributed by atoms with E-state index in [4.69, 9.17) is 11.6 Å². The second-order valence-electron chi connectivity index (χ2n) is 4.94. The number of nitrogens with zero attached hydrogens (tertiary/aromatic N) is 5. The molecule has 1 aliphatic rings. The lowest BCUT2D eigenvalue weighted by atomic mass is 9.92. The Labute approximate surface area is 111 Å². The lowest BCUT2D eigenvalue weighted by Gasteiger charge is -2.34. The Kier molecular flexibility index (Phi) is 2.95. The van der Waals surface area contributed by atoms with Gasteiger partial charge in [-0.3, -0.25) is 9.58 Å². The van der Waals surface area contributed by atoms with Crippen LogP contribution in [0.4, 0.5) is 0 Å². The van der Waals surface area contributed by atoms with Gasteiger partial charge < -0.3 is 0 Å². The normalized spacial score (nSPS) is 16.4. The summed E-state index contributed by atoms with van der Waals surface area (Å²) in [4.78, 5) is 11.2. The summed E-state index contributed by atoms with van der Waals surface area (Å²) in [7, 11) is 3.99. The van der Waals surface area contributed by atoms with E-state index in [1.54, 1.807) is 10.9 Å². The van der Waals surface area contributed by atoms with Crippen molar-refractivity contribution in [2.75, 3.05) is 7.05 Å². The monoisotopic (exact) mass is 265 g/mol. The first kappa shape index (κ1) is 11.9. The fraction of sp³-hybridized carbons (Fsp3) is 0.583. The third-order valence-corrected chi connectivity index (χ3v) is 3.97. The molecule has 5 nitrogen and oxygen atoms in total. The maximum atomic E-state index is 6.16. The molecule has 1 fully saturated rings. The third kappa shape index (κ3) is 1.97. The molecule has 1 saturated carbocycles. The van der Waals surface area contributed by atoms with Crippen LogP contribution < -0.4 is 0 Å². The summed E-state index contributed by atoms with van der Waals surface area (Å²) in [6.45, 7) is 0.742. The van der Waals surface area contributed by atoms with Crippen LogP contribution in [0.25, 0.3) is 11.0 Å². The molecular formula is C12H16ClN5. The van der Waals surface area contributed by atoms with Crippen LogP contribution in [0, 0.1) is 0 Å². The smallest absolute Gasteiger partial charge is 0.162 e. The van der Waals surface area contributed by atoms with Gasteiger partial charge in [-0.15, -0.1) is 0 Å². The lowest BCUT2D eigenvalue weighted by Crippen LogP contribution is -2.37. The van der Waals surface area contributed by atoms with E-state index in [1.807, 2.05) is 7.05 Å². The van der Waals surface area contributed by atoms with Gasteiger partial charge in [-0.25, -0.2) is 9.97 Å². The zero-order valence-corrected chi connectivity index (χ0v) is 11.4. The van der Waals surface area contributed by atoms with Gasteiger partial charge in [0.2, 0.25) is 0 Å². The van der Waals surface area contributed by atoms with E-state index in [0.29, 0.717) is 11.2 Å². The fourth-order valence-electron chi connectivity index (χ4n) is 2.28. The summed E-state index contributed by atoms with van der Waals surface area (Å²) in [5.74, 6) is 0.769. The highest BCUT2D eigenvalue weighted by molar-refractivity contribution is 6.33. The lowest BCUT2D eigenvalue weighted by molar-refractivity contribution is 0.149.